The van der Waals surface area contributed by atoms with Gasteiger partial charge in [-0.1, -0.05) is 51.1 Å². The minimum Gasteiger partial charge on any atom is -0.356 e. The molecule has 37 heavy (non-hydrogen) atoms. The topological polar surface area (TPSA) is 133 Å². The van der Waals surface area contributed by atoms with Gasteiger partial charge in [-0.15, -0.1) is 0 Å². The Labute approximate surface area is 217 Å². The van der Waals surface area contributed by atoms with Gasteiger partial charge in [0.25, 0.3) is 5.91 Å². The fourth-order valence-corrected chi connectivity index (χ4v) is 4.95. The maximum absolute atomic E-state index is 13.5. The van der Waals surface area contributed by atoms with Gasteiger partial charge in [-0.3, -0.25) is 24.0 Å². The first kappa shape index (κ1) is 26.8. The molecular formula is C28H38N4O5. The molecule has 9 heteroatoms. The summed E-state index contributed by atoms with van der Waals surface area (Å²) >= 11 is 0. The minimum absolute atomic E-state index is 0.00777. The second-order valence-electron chi connectivity index (χ2n) is 11.9. The molecule has 0 bridgehead atoms. The van der Waals surface area contributed by atoms with Crippen molar-refractivity contribution in [3.63, 3.8) is 0 Å². The molecule has 2 saturated carbocycles. The SMILES string of the molecule is CC(C)(C)C[C@H](NC(=O)C1CC1c1ccccc1)C(=O)NC(C[C@@H]1CCNC1=O)C(=O)C(=O)NC1CC1. The lowest BCUT2D eigenvalue weighted by atomic mass is 9.87. The van der Waals surface area contributed by atoms with Gasteiger partial charge in [0.1, 0.15) is 6.04 Å². The predicted molar refractivity (Wildman–Crippen MR) is 137 cm³/mol. The number of nitrogens with one attached hydrogen (secondary N) is 4. The third kappa shape index (κ3) is 7.40. The zero-order valence-corrected chi connectivity index (χ0v) is 21.8. The maximum atomic E-state index is 13.5. The van der Waals surface area contributed by atoms with E-state index in [2.05, 4.69) is 21.3 Å². The van der Waals surface area contributed by atoms with Crippen LogP contribution in [0.25, 0.3) is 0 Å². The number of Topliss-reactive ketones (excluding diaryl/α,β-unsaturated/α-hetero) is 1. The van der Waals surface area contributed by atoms with Crippen molar-refractivity contribution in [2.24, 2.45) is 17.3 Å². The van der Waals surface area contributed by atoms with Crippen LogP contribution in [0.3, 0.4) is 0 Å². The van der Waals surface area contributed by atoms with Crippen LogP contribution in [0.2, 0.25) is 0 Å². The van der Waals surface area contributed by atoms with E-state index in [0.717, 1.165) is 24.8 Å². The monoisotopic (exact) mass is 510 g/mol. The Hall–Kier alpha value is -3.23. The molecule has 3 aliphatic rings. The van der Waals surface area contributed by atoms with Crippen LogP contribution >= 0.6 is 0 Å². The van der Waals surface area contributed by atoms with E-state index in [4.69, 9.17) is 0 Å². The van der Waals surface area contributed by atoms with Crippen molar-refractivity contribution in [1.29, 1.82) is 0 Å². The fraction of sp³-hybridized carbons (Fsp3) is 0.607. The van der Waals surface area contributed by atoms with Gasteiger partial charge in [-0.05, 0) is 55.4 Å². The van der Waals surface area contributed by atoms with Gasteiger partial charge >= 0.3 is 0 Å². The van der Waals surface area contributed by atoms with Crippen molar-refractivity contribution in [3.8, 4) is 0 Å². The summed E-state index contributed by atoms with van der Waals surface area (Å²) in [6, 6.07) is 7.80. The molecule has 0 aromatic heterocycles. The van der Waals surface area contributed by atoms with Crippen molar-refractivity contribution in [2.75, 3.05) is 6.54 Å². The summed E-state index contributed by atoms with van der Waals surface area (Å²) < 4.78 is 0. The minimum atomic E-state index is -1.14. The van der Waals surface area contributed by atoms with Crippen LogP contribution in [0.15, 0.2) is 30.3 Å². The third-order valence-electron chi connectivity index (χ3n) is 7.26. The van der Waals surface area contributed by atoms with Gasteiger partial charge in [0.2, 0.25) is 23.5 Å². The summed E-state index contributed by atoms with van der Waals surface area (Å²) in [4.78, 5) is 64.3. The molecule has 1 aromatic carbocycles. The summed E-state index contributed by atoms with van der Waals surface area (Å²) in [5, 5.41) is 11.0. The average Bonchev–Trinajstić information content (AvgIpc) is 3.77. The molecule has 1 heterocycles. The Morgan fingerprint density at radius 2 is 1.70 bits per heavy atom. The highest BCUT2D eigenvalue weighted by Gasteiger charge is 2.45. The number of amides is 4. The highest BCUT2D eigenvalue weighted by Crippen LogP contribution is 2.47. The number of ketones is 1. The van der Waals surface area contributed by atoms with Gasteiger partial charge in [0, 0.05) is 24.4 Å². The lowest BCUT2D eigenvalue weighted by Crippen LogP contribution is -2.55. The molecule has 4 rings (SSSR count). The normalized spacial score (nSPS) is 24.4. The zero-order chi connectivity index (χ0) is 26.7. The number of hydrogen-bond donors (Lipinski definition) is 4. The predicted octanol–water partition coefficient (Wildman–Crippen LogP) is 1.57. The van der Waals surface area contributed by atoms with Crippen molar-refractivity contribution in [2.45, 2.75) is 83.3 Å². The maximum Gasteiger partial charge on any atom is 0.289 e. The highest BCUT2D eigenvalue weighted by atomic mass is 16.2. The number of carbonyl (C=O) groups is 5. The number of rotatable bonds is 11. The fourth-order valence-electron chi connectivity index (χ4n) is 4.95. The molecule has 2 aliphatic carbocycles. The highest BCUT2D eigenvalue weighted by molar-refractivity contribution is 6.38. The zero-order valence-electron chi connectivity index (χ0n) is 21.8. The van der Waals surface area contributed by atoms with Gasteiger partial charge in [-0.2, -0.15) is 0 Å². The first-order valence-electron chi connectivity index (χ1n) is 13.3. The van der Waals surface area contributed by atoms with Crippen molar-refractivity contribution < 1.29 is 24.0 Å². The average molecular weight is 511 g/mol. The van der Waals surface area contributed by atoms with Crippen LogP contribution in [0.4, 0.5) is 0 Å². The first-order valence-corrected chi connectivity index (χ1v) is 13.3. The van der Waals surface area contributed by atoms with Crippen LogP contribution in [0.1, 0.15) is 70.8 Å². The second-order valence-corrected chi connectivity index (χ2v) is 11.9. The summed E-state index contributed by atoms with van der Waals surface area (Å²) in [7, 11) is 0. The van der Waals surface area contributed by atoms with E-state index in [1.165, 1.54) is 0 Å². The van der Waals surface area contributed by atoms with Crippen LogP contribution in [0, 0.1) is 17.3 Å². The Kier molecular flexibility index (Phi) is 7.99. The molecule has 3 fully saturated rings. The molecular weight excluding hydrogens is 472 g/mol. The summed E-state index contributed by atoms with van der Waals surface area (Å²) in [5.41, 5.74) is 0.813. The van der Waals surface area contributed by atoms with Gasteiger partial charge in [-0.25, -0.2) is 0 Å². The van der Waals surface area contributed by atoms with E-state index < -0.39 is 35.6 Å². The molecule has 1 aromatic rings. The van der Waals surface area contributed by atoms with E-state index in [-0.39, 0.29) is 41.5 Å². The number of carbonyl (C=O) groups excluding carboxylic acids is 5. The molecule has 1 saturated heterocycles. The van der Waals surface area contributed by atoms with E-state index in [1.54, 1.807) is 0 Å². The molecule has 4 N–H and O–H groups in total. The third-order valence-corrected chi connectivity index (χ3v) is 7.26. The molecule has 3 unspecified atom stereocenters. The van der Waals surface area contributed by atoms with Gasteiger partial charge in [0.05, 0.1) is 6.04 Å². The molecule has 5 atom stereocenters. The Morgan fingerprint density at radius 1 is 1.00 bits per heavy atom. The van der Waals surface area contributed by atoms with E-state index in [0.29, 0.717) is 19.4 Å². The standard InChI is InChI=1S/C28H38N4O5/c1-28(2,3)15-22(32-25(35)20-14-19(20)16-7-5-4-6-8-16)26(36)31-21(13-17-11-12-29-24(17)34)23(33)27(37)30-18-9-10-18/h4-8,17-22H,9-15H2,1-3H3,(H,29,34)(H,30,37)(H,31,36)(H,32,35)/t17-,19?,20?,21?,22-/m0/s1. The van der Waals surface area contributed by atoms with Gasteiger partial charge < -0.3 is 21.3 Å². The van der Waals surface area contributed by atoms with Crippen molar-refractivity contribution in [3.05, 3.63) is 35.9 Å². The van der Waals surface area contributed by atoms with Crippen LogP contribution in [-0.2, 0) is 24.0 Å². The van der Waals surface area contributed by atoms with Crippen molar-refractivity contribution >= 4 is 29.4 Å². The Bertz CT molecular complexity index is 1050. The largest absolute Gasteiger partial charge is 0.356 e. The molecule has 0 spiro atoms. The molecule has 4 amide bonds. The molecule has 200 valence electrons. The summed E-state index contributed by atoms with van der Waals surface area (Å²) in [6.45, 7) is 6.41. The number of benzene rings is 1. The lowest BCUT2D eigenvalue weighted by Gasteiger charge is -2.28. The van der Waals surface area contributed by atoms with Crippen LogP contribution in [0.5, 0.6) is 0 Å². The second kappa shape index (κ2) is 11.0. The smallest absolute Gasteiger partial charge is 0.289 e. The van der Waals surface area contributed by atoms with Crippen LogP contribution in [-0.4, -0.2) is 54.1 Å². The Balaban J connectivity index is 1.44. The van der Waals surface area contributed by atoms with E-state index in [1.807, 2.05) is 51.1 Å². The van der Waals surface area contributed by atoms with Crippen LogP contribution < -0.4 is 21.3 Å². The first-order chi connectivity index (χ1) is 17.5. The quantitative estimate of drug-likeness (QED) is 0.336. The van der Waals surface area contributed by atoms with Crippen molar-refractivity contribution in [1.82, 2.24) is 21.3 Å². The Morgan fingerprint density at radius 3 is 2.30 bits per heavy atom. The molecule has 0 radical (unpaired) electrons. The number of hydrogen-bond acceptors (Lipinski definition) is 5. The van der Waals surface area contributed by atoms with E-state index in [9.17, 15) is 24.0 Å². The summed E-state index contributed by atoms with van der Waals surface area (Å²) in [5.74, 6) is -2.94. The lowest BCUT2D eigenvalue weighted by molar-refractivity contribution is -0.141. The summed E-state index contributed by atoms with van der Waals surface area (Å²) in [6.07, 6.45) is 3.31. The molecule has 9 nitrogen and oxygen atoms in total. The van der Waals surface area contributed by atoms with E-state index >= 15 is 0 Å². The molecule has 1 aliphatic heterocycles. The van der Waals surface area contributed by atoms with Gasteiger partial charge in [0.15, 0.2) is 0 Å².